The SMILES string of the molecule is CC(C)(C)OC(=O)NC(C)(CO)C(=O)Nc1ccc(O)cc1. The van der Waals surface area contributed by atoms with Crippen molar-refractivity contribution in [3.05, 3.63) is 24.3 Å². The van der Waals surface area contributed by atoms with Gasteiger partial charge < -0.3 is 25.6 Å². The number of rotatable bonds is 4. The van der Waals surface area contributed by atoms with Gasteiger partial charge in [-0.15, -0.1) is 0 Å². The fourth-order valence-corrected chi connectivity index (χ4v) is 1.51. The molecule has 7 nitrogen and oxygen atoms in total. The molecule has 1 rings (SSSR count). The molecule has 0 saturated carbocycles. The number of aromatic hydroxyl groups is 1. The van der Waals surface area contributed by atoms with E-state index in [-0.39, 0.29) is 5.75 Å². The number of ether oxygens (including phenoxy) is 1. The number of anilines is 1. The highest BCUT2D eigenvalue weighted by Crippen LogP contribution is 2.16. The largest absolute Gasteiger partial charge is 0.508 e. The molecule has 0 spiro atoms. The van der Waals surface area contributed by atoms with Crippen LogP contribution in [0, 0.1) is 0 Å². The Labute approximate surface area is 129 Å². The Bertz CT molecular complexity index is 536. The van der Waals surface area contributed by atoms with Crippen molar-refractivity contribution in [3.8, 4) is 5.75 Å². The van der Waals surface area contributed by atoms with Gasteiger partial charge in [0.15, 0.2) is 0 Å². The number of carbonyl (C=O) groups excluding carboxylic acids is 2. The molecule has 1 aromatic rings. The lowest BCUT2D eigenvalue weighted by Gasteiger charge is -2.29. The smallest absolute Gasteiger partial charge is 0.408 e. The zero-order valence-corrected chi connectivity index (χ0v) is 13.1. The highest BCUT2D eigenvalue weighted by Gasteiger charge is 2.36. The second-order valence-electron chi connectivity index (χ2n) is 6.12. The maximum Gasteiger partial charge on any atom is 0.408 e. The summed E-state index contributed by atoms with van der Waals surface area (Å²) in [6.07, 6.45) is -0.801. The zero-order valence-electron chi connectivity index (χ0n) is 13.1. The molecule has 22 heavy (non-hydrogen) atoms. The molecule has 0 aliphatic rings. The summed E-state index contributed by atoms with van der Waals surface area (Å²) in [5.74, 6) is -0.540. The molecule has 2 amide bonds. The predicted octanol–water partition coefficient (Wildman–Crippen LogP) is 1.61. The van der Waals surface area contributed by atoms with Gasteiger partial charge in [-0.25, -0.2) is 4.79 Å². The quantitative estimate of drug-likeness (QED) is 0.632. The van der Waals surface area contributed by atoms with Gasteiger partial charge in [0.05, 0.1) is 6.61 Å². The second-order valence-corrected chi connectivity index (χ2v) is 6.12. The number of phenols is 1. The average Bonchev–Trinajstić information content (AvgIpc) is 2.38. The number of carbonyl (C=O) groups is 2. The maximum atomic E-state index is 12.2. The number of nitrogens with one attached hydrogen (secondary N) is 2. The molecule has 0 aliphatic carbocycles. The fraction of sp³-hybridized carbons (Fsp3) is 0.467. The van der Waals surface area contributed by atoms with Crippen LogP contribution in [0.5, 0.6) is 5.75 Å². The second kappa shape index (κ2) is 6.65. The molecule has 0 radical (unpaired) electrons. The Kier molecular flexibility index (Phi) is 5.38. The summed E-state index contributed by atoms with van der Waals surface area (Å²) in [6, 6.07) is 5.82. The van der Waals surface area contributed by atoms with Crippen LogP contribution in [0.15, 0.2) is 24.3 Å². The van der Waals surface area contributed by atoms with Gasteiger partial charge >= 0.3 is 6.09 Å². The van der Waals surface area contributed by atoms with Crippen LogP contribution >= 0.6 is 0 Å². The minimum Gasteiger partial charge on any atom is -0.508 e. The molecular formula is C15H22N2O5. The van der Waals surface area contributed by atoms with Crippen LogP contribution in [0.2, 0.25) is 0 Å². The van der Waals surface area contributed by atoms with Crippen molar-refractivity contribution in [2.24, 2.45) is 0 Å². The normalized spacial score (nSPS) is 13.9. The predicted molar refractivity (Wildman–Crippen MR) is 81.6 cm³/mol. The Morgan fingerprint density at radius 1 is 1.14 bits per heavy atom. The summed E-state index contributed by atoms with van der Waals surface area (Å²) in [4.78, 5) is 24.0. The lowest BCUT2D eigenvalue weighted by atomic mass is 10.0. The molecule has 1 atom stereocenters. The molecule has 0 bridgehead atoms. The van der Waals surface area contributed by atoms with Crippen LogP contribution in [0.4, 0.5) is 10.5 Å². The minimum absolute atomic E-state index is 0.0646. The van der Waals surface area contributed by atoms with Crippen molar-refractivity contribution < 1.29 is 24.5 Å². The van der Waals surface area contributed by atoms with Crippen molar-refractivity contribution in [2.45, 2.75) is 38.8 Å². The molecule has 0 heterocycles. The first-order valence-electron chi connectivity index (χ1n) is 6.78. The third kappa shape index (κ3) is 5.25. The van der Waals surface area contributed by atoms with E-state index >= 15 is 0 Å². The molecule has 1 aromatic carbocycles. The molecule has 122 valence electrons. The lowest BCUT2D eigenvalue weighted by molar-refractivity contribution is -0.123. The van der Waals surface area contributed by atoms with Gasteiger partial charge in [0, 0.05) is 5.69 Å². The van der Waals surface area contributed by atoms with Gasteiger partial charge in [-0.2, -0.15) is 0 Å². The third-order valence-corrected chi connectivity index (χ3v) is 2.72. The third-order valence-electron chi connectivity index (χ3n) is 2.72. The average molecular weight is 310 g/mol. The Hall–Kier alpha value is -2.28. The number of aliphatic hydroxyl groups is 1. The molecule has 4 N–H and O–H groups in total. The van der Waals surface area contributed by atoms with Crippen molar-refractivity contribution >= 4 is 17.7 Å². The topological polar surface area (TPSA) is 108 Å². The Balaban J connectivity index is 2.77. The maximum absolute atomic E-state index is 12.2. The van der Waals surface area contributed by atoms with E-state index in [1.54, 1.807) is 20.8 Å². The molecule has 1 unspecified atom stereocenters. The lowest BCUT2D eigenvalue weighted by Crippen LogP contribution is -2.58. The van der Waals surface area contributed by atoms with Crippen LogP contribution in [0.25, 0.3) is 0 Å². The first-order valence-corrected chi connectivity index (χ1v) is 6.78. The van der Waals surface area contributed by atoms with E-state index in [9.17, 15) is 19.8 Å². The zero-order chi connectivity index (χ0) is 17.0. The highest BCUT2D eigenvalue weighted by molar-refractivity contribution is 5.99. The van der Waals surface area contributed by atoms with E-state index in [4.69, 9.17) is 4.74 Å². The number of alkyl carbamates (subject to hydrolysis) is 1. The summed E-state index contributed by atoms with van der Waals surface area (Å²) < 4.78 is 5.08. The number of amides is 2. The van der Waals surface area contributed by atoms with Crippen LogP contribution in [0.3, 0.4) is 0 Å². The van der Waals surface area contributed by atoms with Gasteiger partial charge in [-0.3, -0.25) is 4.79 Å². The summed E-state index contributed by atoms with van der Waals surface area (Å²) in [5.41, 5.74) is -1.83. The minimum atomic E-state index is -1.54. The summed E-state index contributed by atoms with van der Waals surface area (Å²) in [7, 11) is 0. The molecule has 0 aliphatic heterocycles. The Morgan fingerprint density at radius 3 is 2.14 bits per heavy atom. The van der Waals surface area contributed by atoms with Gasteiger partial charge in [-0.1, -0.05) is 0 Å². The first kappa shape index (κ1) is 17.8. The van der Waals surface area contributed by atoms with Gasteiger partial charge in [0.25, 0.3) is 5.91 Å². The summed E-state index contributed by atoms with van der Waals surface area (Å²) in [5, 5.41) is 23.6. The number of hydrogen-bond donors (Lipinski definition) is 4. The van der Waals surface area contributed by atoms with E-state index in [1.165, 1.54) is 31.2 Å². The van der Waals surface area contributed by atoms with Gasteiger partial charge in [0.2, 0.25) is 0 Å². The van der Waals surface area contributed by atoms with E-state index in [2.05, 4.69) is 10.6 Å². The Morgan fingerprint density at radius 2 is 1.68 bits per heavy atom. The standard InChI is InChI=1S/C15H22N2O5/c1-14(2,3)22-13(21)17-15(4,9-18)12(20)16-10-5-7-11(19)8-6-10/h5-8,18-19H,9H2,1-4H3,(H,16,20)(H,17,21). The fourth-order valence-electron chi connectivity index (χ4n) is 1.51. The van der Waals surface area contributed by atoms with Gasteiger partial charge in [-0.05, 0) is 52.0 Å². The number of benzene rings is 1. The van der Waals surface area contributed by atoms with E-state index < -0.39 is 29.7 Å². The number of aliphatic hydroxyl groups excluding tert-OH is 1. The molecule has 7 heteroatoms. The van der Waals surface area contributed by atoms with E-state index in [1.807, 2.05) is 0 Å². The summed E-state index contributed by atoms with van der Waals surface area (Å²) >= 11 is 0. The van der Waals surface area contributed by atoms with Crippen LogP contribution in [-0.2, 0) is 9.53 Å². The summed E-state index contributed by atoms with van der Waals surface area (Å²) in [6.45, 7) is 5.86. The first-order chi connectivity index (χ1) is 10.1. The van der Waals surface area contributed by atoms with Crippen LogP contribution in [-0.4, -0.2) is 40.0 Å². The number of phenolic OH excluding ortho intramolecular Hbond substituents is 1. The van der Waals surface area contributed by atoms with Gasteiger partial charge in [0.1, 0.15) is 16.9 Å². The molecule has 0 fully saturated rings. The van der Waals surface area contributed by atoms with E-state index in [0.717, 1.165) is 0 Å². The van der Waals surface area contributed by atoms with Crippen LogP contribution in [0.1, 0.15) is 27.7 Å². The van der Waals surface area contributed by atoms with Crippen LogP contribution < -0.4 is 10.6 Å². The van der Waals surface area contributed by atoms with Crippen molar-refractivity contribution in [3.63, 3.8) is 0 Å². The van der Waals surface area contributed by atoms with Crippen molar-refractivity contribution in [1.29, 1.82) is 0 Å². The number of hydrogen-bond acceptors (Lipinski definition) is 5. The van der Waals surface area contributed by atoms with E-state index in [0.29, 0.717) is 5.69 Å². The molecule has 0 saturated heterocycles. The van der Waals surface area contributed by atoms with Crippen molar-refractivity contribution in [2.75, 3.05) is 11.9 Å². The molecular weight excluding hydrogens is 288 g/mol. The van der Waals surface area contributed by atoms with Crippen molar-refractivity contribution in [1.82, 2.24) is 5.32 Å². The highest BCUT2D eigenvalue weighted by atomic mass is 16.6. The molecule has 0 aromatic heterocycles. The monoisotopic (exact) mass is 310 g/mol.